The Hall–Kier alpha value is -1.82. The molecule has 1 aliphatic heterocycles. The highest BCUT2D eigenvalue weighted by Gasteiger charge is 2.23. The number of nitrogens with one attached hydrogen (secondary N) is 1. The number of amides is 2. The summed E-state index contributed by atoms with van der Waals surface area (Å²) in [5.74, 6) is -0.0702. The van der Waals surface area contributed by atoms with Crippen molar-refractivity contribution in [1.82, 2.24) is 5.32 Å². The van der Waals surface area contributed by atoms with Crippen LogP contribution in [-0.2, 0) is 20.3 Å². The number of amidine groups is 1. The number of benzene rings is 1. The van der Waals surface area contributed by atoms with Crippen molar-refractivity contribution in [1.29, 1.82) is 0 Å². The van der Waals surface area contributed by atoms with Crippen LogP contribution in [0.3, 0.4) is 0 Å². The van der Waals surface area contributed by atoms with Gasteiger partial charge in [-0.2, -0.15) is 4.99 Å². The fourth-order valence-corrected chi connectivity index (χ4v) is 2.99. The smallest absolute Gasteiger partial charge is 0.248 e. The van der Waals surface area contributed by atoms with Crippen molar-refractivity contribution in [3.8, 4) is 0 Å². The first-order valence-corrected chi connectivity index (χ1v) is 7.43. The SMILES string of the molecule is CCCC(=O)N=C1NC(=O)CS1=Nc1ccccc1. The molecule has 0 spiro atoms. The fourth-order valence-electron chi connectivity index (χ4n) is 1.56. The highest BCUT2D eigenvalue weighted by Crippen LogP contribution is 2.14. The number of carbonyl (C=O) groups excluding carboxylic acids is 2. The lowest BCUT2D eigenvalue weighted by atomic mass is 10.3. The van der Waals surface area contributed by atoms with Crippen LogP contribution in [0.1, 0.15) is 19.8 Å². The van der Waals surface area contributed by atoms with Crippen LogP contribution in [0, 0.1) is 0 Å². The normalized spacial score (nSPS) is 20.8. The summed E-state index contributed by atoms with van der Waals surface area (Å²) < 4.78 is 4.46. The van der Waals surface area contributed by atoms with Gasteiger partial charge in [0.05, 0.1) is 11.4 Å². The second-order valence-corrected chi connectivity index (χ2v) is 5.63. The Bertz CT molecular complexity index is 552. The first-order valence-electron chi connectivity index (χ1n) is 6.08. The second-order valence-electron chi connectivity index (χ2n) is 4.04. The van der Waals surface area contributed by atoms with Gasteiger partial charge in [-0.3, -0.25) is 9.59 Å². The molecule has 100 valence electrons. The molecule has 1 N–H and O–H groups in total. The Morgan fingerprint density at radius 2 is 2.11 bits per heavy atom. The van der Waals surface area contributed by atoms with Crippen LogP contribution in [0.2, 0.25) is 0 Å². The molecule has 6 heteroatoms. The van der Waals surface area contributed by atoms with Crippen molar-refractivity contribution in [2.24, 2.45) is 9.36 Å². The molecule has 5 nitrogen and oxygen atoms in total. The molecule has 0 radical (unpaired) electrons. The second kappa shape index (κ2) is 6.38. The Kier molecular flexibility index (Phi) is 4.57. The summed E-state index contributed by atoms with van der Waals surface area (Å²) in [5, 5.41) is 3.02. The molecular weight excluding hydrogens is 262 g/mol. The molecule has 1 fully saturated rings. The van der Waals surface area contributed by atoms with Crippen LogP contribution in [0.4, 0.5) is 5.69 Å². The molecule has 1 heterocycles. The first kappa shape index (κ1) is 13.6. The molecule has 2 amide bonds. The maximum atomic E-state index is 11.5. The number of aliphatic imine (C=N–C) groups is 1. The standard InChI is InChI=1S/C13H15N3O2S/c1-2-6-11(17)14-13-15-12(18)9-19(13)16-10-7-4-3-5-8-10/h3-5,7-8H,2,6,9H2,1H3,(H,14,15,17,18). The fraction of sp³-hybridized carbons (Fsp3) is 0.308. The lowest BCUT2D eigenvalue weighted by Gasteiger charge is -2.00. The molecule has 0 saturated carbocycles. The molecule has 2 rings (SSSR count). The van der Waals surface area contributed by atoms with Gasteiger partial charge in [0.25, 0.3) is 0 Å². The molecule has 1 aromatic rings. The third-order valence-electron chi connectivity index (χ3n) is 2.40. The average molecular weight is 277 g/mol. The van der Waals surface area contributed by atoms with Gasteiger partial charge in [0.2, 0.25) is 11.8 Å². The molecule has 1 aliphatic rings. The largest absolute Gasteiger partial charge is 0.304 e. The molecule has 1 saturated heterocycles. The molecule has 0 aromatic heterocycles. The Balaban J connectivity index is 2.25. The zero-order chi connectivity index (χ0) is 13.7. The molecule has 0 aliphatic carbocycles. The van der Waals surface area contributed by atoms with Gasteiger partial charge >= 0.3 is 0 Å². The van der Waals surface area contributed by atoms with Crippen molar-refractivity contribution in [2.75, 3.05) is 5.75 Å². The minimum Gasteiger partial charge on any atom is -0.304 e. The lowest BCUT2D eigenvalue weighted by molar-refractivity contribution is -0.117. The third-order valence-corrected chi connectivity index (χ3v) is 4.01. The van der Waals surface area contributed by atoms with E-state index >= 15 is 0 Å². The first-order chi connectivity index (χ1) is 9.19. The van der Waals surface area contributed by atoms with Gasteiger partial charge in [0, 0.05) is 6.42 Å². The van der Waals surface area contributed by atoms with Gasteiger partial charge in [-0.15, -0.1) is 0 Å². The Morgan fingerprint density at radius 1 is 1.37 bits per heavy atom. The van der Waals surface area contributed by atoms with E-state index in [4.69, 9.17) is 0 Å². The number of nitrogens with zero attached hydrogens (tertiary/aromatic N) is 2. The molecule has 1 unspecified atom stereocenters. The van der Waals surface area contributed by atoms with Gasteiger partial charge < -0.3 is 5.32 Å². The minimum atomic E-state index is -0.677. The summed E-state index contributed by atoms with van der Waals surface area (Å²) in [6.07, 6.45) is 1.13. The van der Waals surface area contributed by atoms with Crippen LogP contribution < -0.4 is 5.32 Å². The van der Waals surface area contributed by atoms with E-state index in [1.54, 1.807) is 0 Å². The average Bonchev–Trinajstić information content (AvgIpc) is 2.71. The van der Waals surface area contributed by atoms with E-state index in [-0.39, 0.29) is 17.6 Å². The van der Waals surface area contributed by atoms with Gasteiger partial charge in [-0.1, -0.05) is 25.1 Å². The predicted molar refractivity (Wildman–Crippen MR) is 76.3 cm³/mol. The summed E-state index contributed by atoms with van der Waals surface area (Å²) in [6.45, 7) is 1.92. The molecular formula is C13H15N3O2S. The number of carbonyl (C=O) groups is 2. The van der Waals surface area contributed by atoms with Gasteiger partial charge in [-0.25, -0.2) is 4.36 Å². The van der Waals surface area contributed by atoms with Crippen molar-refractivity contribution in [3.05, 3.63) is 30.3 Å². The zero-order valence-electron chi connectivity index (χ0n) is 10.6. The lowest BCUT2D eigenvalue weighted by Crippen LogP contribution is -2.22. The summed E-state index contributed by atoms with van der Waals surface area (Å²) >= 11 is 0. The Morgan fingerprint density at radius 3 is 2.79 bits per heavy atom. The van der Waals surface area contributed by atoms with Crippen LogP contribution in [-0.4, -0.2) is 22.7 Å². The van der Waals surface area contributed by atoms with E-state index in [0.717, 1.165) is 12.1 Å². The monoisotopic (exact) mass is 277 g/mol. The van der Waals surface area contributed by atoms with Crippen LogP contribution in [0.15, 0.2) is 39.7 Å². The highest BCUT2D eigenvalue weighted by atomic mass is 32.2. The molecule has 1 atom stereocenters. The molecule has 1 aromatic carbocycles. The van der Waals surface area contributed by atoms with Gasteiger partial charge in [0.15, 0.2) is 5.17 Å². The maximum Gasteiger partial charge on any atom is 0.248 e. The van der Waals surface area contributed by atoms with E-state index in [2.05, 4.69) is 14.7 Å². The van der Waals surface area contributed by atoms with E-state index in [1.165, 1.54) is 0 Å². The van der Waals surface area contributed by atoms with Gasteiger partial charge in [-0.05, 0) is 29.2 Å². The predicted octanol–water partition coefficient (Wildman–Crippen LogP) is 1.93. The number of hydrogen-bond acceptors (Lipinski definition) is 3. The van der Waals surface area contributed by atoms with Crippen LogP contribution in [0.25, 0.3) is 0 Å². The van der Waals surface area contributed by atoms with E-state index in [1.807, 2.05) is 37.3 Å². The number of rotatable bonds is 3. The molecule has 0 bridgehead atoms. The van der Waals surface area contributed by atoms with Crippen LogP contribution in [0.5, 0.6) is 0 Å². The van der Waals surface area contributed by atoms with Crippen molar-refractivity contribution in [3.63, 3.8) is 0 Å². The summed E-state index contributed by atoms with van der Waals surface area (Å²) in [6, 6.07) is 9.39. The van der Waals surface area contributed by atoms with Crippen LogP contribution >= 0.6 is 0 Å². The van der Waals surface area contributed by atoms with Crippen molar-refractivity contribution < 1.29 is 9.59 Å². The van der Waals surface area contributed by atoms with E-state index < -0.39 is 10.7 Å². The summed E-state index contributed by atoms with van der Waals surface area (Å²) in [4.78, 5) is 26.9. The van der Waals surface area contributed by atoms with Crippen molar-refractivity contribution in [2.45, 2.75) is 19.8 Å². The topological polar surface area (TPSA) is 70.9 Å². The third kappa shape index (κ3) is 3.82. The summed E-state index contributed by atoms with van der Waals surface area (Å²) in [7, 11) is -0.677. The minimum absolute atomic E-state index is 0.133. The van der Waals surface area contributed by atoms with E-state index in [0.29, 0.717) is 11.6 Å². The quantitative estimate of drug-likeness (QED) is 0.917. The van der Waals surface area contributed by atoms with Gasteiger partial charge in [0.1, 0.15) is 0 Å². The van der Waals surface area contributed by atoms with E-state index in [9.17, 15) is 9.59 Å². The zero-order valence-corrected chi connectivity index (χ0v) is 11.4. The Labute approximate surface area is 114 Å². The number of hydrogen-bond donors (Lipinski definition) is 1. The maximum absolute atomic E-state index is 11.5. The highest BCUT2D eigenvalue weighted by molar-refractivity contribution is 8.04. The van der Waals surface area contributed by atoms with Crippen molar-refractivity contribution >= 4 is 33.4 Å². The summed E-state index contributed by atoms with van der Waals surface area (Å²) in [5.41, 5.74) is 0.790. The molecule has 19 heavy (non-hydrogen) atoms.